The number of hydrogen-bond acceptors (Lipinski definition) is 2. The van der Waals surface area contributed by atoms with Gasteiger partial charge in [0.25, 0.3) is 0 Å². The Kier molecular flexibility index (Phi) is 5.34. The molecule has 0 unspecified atom stereocenters. The number of benzene rings is 4. The molecule has 4 rings (SSSR count). The molecule has 0 aliphatic carbocycles. The lowest BCUT2D eigenvalue weighted by Gasteiger charge is -2.19. The fourth-order valence-electron chi connectivity index (χ4n) is 3.36. The first-order valence-corrected chi connectivity index (χ1v) is 9.42. The van der Waals surface area contributed by atoms with Gasteiger partial charge in [-0.15, -0.1) is 0 Å². The van der Waals surface area contributed by atoms with Crippen LogP contribution in [0, 0.1) is 0 Å². The zero-order valence-electron chi connectivity index (χ0n) is 15.7. The van der Waals surface area contributed by atoms with Crippen LogP contribution in [-0.4, -0.2) is 11.8 Å². The molecule has 0 fully saturated rings. The first-order chi connectivity index (χ1) is 14.2. The van der Waals surface area contributed by atoms with Gasteiger partial charge in [0.2, 0.25) is 0 Å². The lowest BCUT2D eigenvalue weighted by Crippen LogP contribution is -2.38. The first kappa shape index (κ1) is 18.4. The molecule has 142 valence electrons. The Morgan fingerprint density at radius 1 is 0.586 bits per heavy atom. The van der Waals surface area contributed by atoms with E-state index in [1.807, 2.05) is 97.1 Å². The molecular weight excluding hydrogens is 360 g/mol. The third kappa shape index (κ3) is 4.17. The zero-order valence-corrected chi connectivity index (χ0v) is 15.7. The Morgan fingerprint density at radius 2 is 1.14 bits per heavy atom. The maximum Gasteiger partial charge on any atom is 0.313 e. The summed E-state index contributed by atoms with van der Waals surface area (Å²) in [7, 11) is 0. The number of carbonyl (C=O) groups is 2. The Hall–Kier alpha value is -3.92. The molecule has 4 aromatic carbocycles. The smallest absolute Gasteiger partial charge is 0.313 e. The van der Waals surface area contributed by atoms with E-state index in [9.17, 15) is 9.59 Å². The van der Waals surface area contributed by atoms with Crippen LogP contribution in [0.15, 0.2) is 103 Å². The van der Waals surface area contributed by atoms with Crippen LogP contribution in [0.3, 0.4) is 0 Å². The summed E-state index contributed by atoms with van der Waals surface area (Å²) in [6, 6.07) is 32.1. The van der Waals surface area contributed by atoms with Crippen molar-refractivity contribution in [2.75, 3.05) is 5.32 Å². The number of fused-ring (bicyclic) bond motifs is 1. The molecule has 0 bridgehead atoms. The molecule has 29 heavy (non-hydrogen) atoms. The molecule has 0 aliphatic rings. The van der Waals surface area contributed by atoms with Gasteiger partial charge >= 0.3 is 11.8 Å². The van der Waals surface area contributed by atoms with E-state index < -0.39 is 17.9 Å². The Balaban J connectivity index is 1.57. The van der Waals surface area contributed by atoms with Crippen LogP contribution in [0.2, 0.25) is 0 Å². The minimum absolute atomic E-state index is 0.414. The van der Waals surface area contributed by atoms with Gasteiger partial charge < -0.3 is 10.6 Å². The van der Waals surface area contributed by atoms with E-state index in [0.29, 0.717) is 5.69 Å². The summed E-state index contributed by atoms with van der Waals surface area (Å²) in [4.78, 5) is 25.3. The van der Waals surface area contributed by atoms with Crippen LogP contribution in [0.5, 0.6) is 0 Å². The van der Waals surface area contributed by atoms with Gasteiger partial charge in [-0.3, -0.25) is 9.59 Å². The third-order valence-corrected chi connectivity index (χ3v) is 4.79. The van der Waals surface area contributed by atoms with Gasteiger partial charge in [-0.1, -0.05) is 97.1 Å². The average Bonchev–Trinajstić information content (AvgIpc) is 2.78. The van der Waals surface area contributed by atoms with Gasteiger partial charge in [-0.05, 0) is 22.6 Å². The standard InChI is InChI=1S/C25H20N2O2/c28-24(26-22-17-9-15-18-10-7-8-16-21(18)22)25(29)27-23(19-11-3-1-4-12-19)20-13-5-2-6-14-20/h1-17,23H,(H,26,28)(H,27,29). The molecule has 0 aromatic heterocycles. The minimum Gasteiger partial charge on any atom is -0.337 e. The molecule has 0 radical (unpaired) electrons. The van der Waals surface area contributed by atoms with Crippen molar-refractivity contribution in [1.82, 2.24) is 5.32 Å². The summed E-state index contributed by atoms with van der Waals surface area (Å²) in [6.45, 7) is 0. The van der Waals surface area contributed by atoms with Crippen LogP contribution in [0.1, 0.15) is 17.2 Å². The van der Waals surface area contributed by atoms with Gasteiger partial charge in [0.05, 0.1) is 6.04 Å². The van der Waals surface area contributed by atoms with Crippen molar-refractivity contribution >= 4 is 28.3 Å². The lowest BCUT2D eigenvalue weighted by molar-refractivity contribution is -0.136. The molecule has 0 atom stereocenters. The molecule has 2 amide bonds. The van der Waals surface area contributed by atoms with Crippen molar-refractivity contribution in [2.45, 2.75) is 6.04 Å². The fourth-order valence-corrected chi connectivity index (χ4v) is 3.36. The molecule has 0 heterocycles. The summed E-state index contributed by atoms with van der Waals surface area (Å²) < 4.78 is 0. The van der Waals surface area contributed by atoms with E-state index in [-0.39, 0.29) is 0 Å². The summed E-state index contributed by atoms with van der Waals surface area (Å²) in [5.74, 6) is -1.38. The summed E-state index contributed by atoms with van der Waals surface area (Å²) >= 11 is 0. The number of rotatable bonds is 4. The first-order valence-electron chi connectivity index (χ1n) is 9.42. The number of hydrogen-bond donors (Lipinski definition) is 2. The van der Waals surface area contributed by atoms with Crippen molar-refractivity contribution in [2.24, 2.45) is 0 Å². The molecule has 0 aliphatic heterocycles. The molecule has 4 aromatic rings. The quantitative estimate of drug-likeness (QED) is 0.505. The molecular formula is C25H20N2O2. The number of amides is 2. The zero-order chi connectivity index (χ0) is 20.1. The largest absolute Gasteiger partial charge is 0.337 e. The van der Waals surface area contributed by atoms with Crippen LogP contribution >= 0.6 is 0 Å². The third-order valence-electron chi connectivity index (χ3n) is 4.79. The summed E-state index contributed by atoms with van der Waals surface area (Å²) in [6.07, 6.45) is 0. The van der Waals surface area contributed by atoms with E-state index in [4.69, 9.17) is 0 Å². The number of nitrogens with one attached hydrogen (secondary N) is 2. The SMILES string of the molecule is O=C(Nc1cccc2ccccc12)C(=O)NC(c1ccccc1)c1ccccc1. The van der Waals surface area contributed by atoms with Crippen molar-refractivity contribution in [1.29, 1.82) is 0 Å². The van der Waals surface area contributed by atoms with Crippen LogP contribution in [0.4, 0.5) is 5.69 Å². The fraction of sp³-hybridized carbons (Fsp3) is 0.0400. The predicted octanol–water partition coefficient (Wildman–Crippen LogP) is 4.68. The summed E-state index contributed by atoms with van der Waals surface area (Å²) in [5.41, 5.74) is 2.43. The molecule has 4 heteroatoms. The van der Waals surface area contributed by atoms with Crippen LogP contribution in [-0.2, 0) is 9.59 Å². The van der Waals surface area contributed by atoms with E-state index in [2.05, 4.69) is 10.6 Å². The van der Waals surface area contributed by atoms with Crippen molar-refractivity contribution in [3.63, 3.8) is 0 Å². The van der Waals surface area contributed by atoms with E-state index in [1.54, 1.807) is 6.07 Å². The van der Waals surface area contributed by atoms with Crippen LogP contribution in [0.25, 0.3) is 10.8 Å². The molecule has 4 nitrogen and oxygen atoms in total. The second-order valence-electron chi connectivity index (χ2n) is 6.71. The maximum atomic E-state index is 12.7. The lowest BCUT2D eigenvalue weighted by atomic mass is 9.98. The highest BCUT2D eigenvalue weighted by atomic mass is 16.2. The molecule has 0 saturated heterocycles. The molecule has 2 N–H and O–H groups in total. The number of anilines is 1. The van der Waals surface area contributed by atoms with E-state index >= 15 is 0 Å². The second-order valence-corrected chi connectivity index (χ2v) is 6.71. The highest BCUT2D eigenvalue weighted by Gasteiger charge is 2.21. The van der Waals surface area contributed by atoms with Crippen molar-refractivity contribution in [3.8, 4) is 0 Å². The summed E-state index contributed by atoms with van der Waals surface area (Å²) in [5, 5.41) is 7.49. The second kappa shape index (κ2) is 8.40. The Bertz CT molecular complexity index is 1100. The maximum absolute atomic E-state index is 12.7. The van der Waals surface area contributed by atoms with Gasteiger partial charge in [-0.25, -0.2) is 0 Å². The van der Waals surface area contributed by atoms with Gasteiger partial charge in [0.1, 0.15) is 0 Å². The highest BCUT2D eigenvalue weighted by Crippen LogP contribution is 2.24. The minimum atomic E-state index is -0.696. The van der Waals surface area contributed by atoms with Crippen LogP contribution < -0.4 is 10.6 Å². The van der Waals surface area contributed by atoms with Gasteiger partial charge in [-0.2, -0.15) is 0 Å². The van der Waals surface area contributed by atoms with E-state index in [0.717, 1.165) is 21.9 Å². The average molecular weight is 380 g/mol. The molecule has 0 saturated carbocycles. The predicted molar refractivity (Wildman–Crippen MR) is 115 cm³/mol. The van der Waals surface area contributed by atoms with Gasteiger partial charge in [0.15, 0.2) is 0 Å². The van der Waals surface area contributed by atoms with Crippen molar-refractivity contribution in [3.05, 3.63) is 114 Å². The van der Waals surface area contributed by atoms with E-state index in [1.165, 1.54) is 0 Å². The normalized spacial score (nSPS) is 10.7. The molecule has 0 spiro atoms. The topological polar surface area (TPSA) is 58.2 Å². The highest BCUT2D eigenvalue weighted by molar-refractivity contribution is 6.40. The van der Waals surface area contributed by atoms with Gasteiger partial charge in [0, 0.05) is 11.1 Å². The van der Waals surface area contributed by atoms with Crippen molar-refractivity contribution < 1.29 is 9.59 Å². The monoisotopic (exact) mass is 380 g/mol. The Morgan fingerprint density at radius 3 is 1.79 bits per heavy atom. The Labute approximate surface area is 169 Å². The number of carbonyl (C=O) groups excluding carboxylic acids is 2.